The molecule has 1 aliphatic heterocycles. The number of rotatable bonds is 9. The topological polar surface area (TPSA) is 103 Å². The lowest BCUT2D eigenvalue weighted by atomic mass is 9.89. The number of halogens is 1. The number of nitrogens with zero attached hydrogens (tertiary/aromatic N) is 1. The van der Waals surface area contributed by atoms with Crippen LogP contribution in [0.5, 0.6) is 23.0 Å². The molecule has 0 saturated heterocycles. The third-order valence-electron chi connectivity index (χ3n) is 6.36. The van der Waals surface area contributed by atoms with E-state index in [2.05, 4.69) is 5.32 Å². The molecule has 0 bridgehead atoms. The van der Waals surface area contributed by atoms with E-state index in [1.807, 2.05) is 13.8 Å². The Hall–Kier alpha value is -3.99. The molecule has 1 aliphatic rings. The Kier molecular flexibility index (Phi) is 7.91. The number of fused-ring (bicyclic) bond motifs is 1. The van der Waals surface area contributed by atoms with Crippen LogP contribution < -0.4 is 28.6 Å². The Bertz CT molecular complexity index is 1480. The molecule has 1 amide bonds. The highest BCUT2D eigenvalue weighted by Gasteiger charge is 2.36. The molecule has 3 aromatic carbocycles. The van der Waals surface area contributed by atoms with Crippen LogP contribution in [0.4, 0.5) is 10.1 Å². The Morgan fingerprint density at radius 3 is 2.41 bits per heavy atom. The van der Waals surface area contributed by atoms with E-state index in [0.717, 1.165) is 15.9 Å². The van der Waals surface area contributed by atoms with Crippen LogP contribution in [0.15, 0.2) is 65.6 Å². The maximum absolute atomic E-state index is 14.9. The number of nitrogens with one attached hydrogen (secondary N) is 1. The van der Waals surface area contributed by atoms with Crippen molar-refractivity contribution in [3.8, 4) is 23.0 Å². The second-order valence-corrected chi connectivity index (χ2v) is 11.4. The second-order valence-electron chi connectivity index (χ2n) is 9.57. The first kappa shape index (κ1) is 28.0. The molecule has 0 radical (unpaired) electrons. The van der Waals surface area contributed by atoms with Crippen LogP contribution in [-0.4, -0.2) is 47.8 Å². The lowest BCUT2D eigenvalue weighted by molar-refractivity contribution is -0.120. The van der Waals surface area contributed by atoms with Crippen LogP contribution in [0.25, 0.3) is 0 Å². The molecule has 0 spiro atoms. The fraction of sp³-hybridized carbons (Fsp3) is 0.321. The van der Waals surface area contributed by atoms with Crippen molar-refractivity contribution in [2.45, 2.75) is 36.8 Å². The van der Waals surface area contributed by atoms with Crippen molar-refractivity contribution in [2.75, 3.05) is 32.2 Å². The van der Waals surface area contributed by atoms with Crippen molar-refractivity contribution in [3.63, 3.8) is 0 Å². The van der Waals surface area contributed by atoms with Gasteiger partial charge in [0.05, 0.1) is 38.0 Å². The minimum Gasteiger partial charge on any atom is -0.497 e. The molecule has 39 heavy (non-hydrogen) atoms. The molecule has 3 aromatic rings. The van der Waals surface area contributed by atoms with Crippen LogP contribution in [0.2, 0.25) is 0 Å². The molecule has 0 aromatic heterocycles. The molecule has 1 unspecified atom stereocenters. The molecule has 0 fully saturated rings. The summed E-state index contributed by atoms with van der Waals surface area (Å²) in [7, 11) is -0.0614. The monoisotopic (exact) mass is 558 g/mol. The van der Waals surface area contributed by atoms with Crippen LogP contribution >= 0.6 is 0 Å². The van der Waals surface area contributed by atoms with Gasteiger partial charge in [-0.1, -0.05) is 12.1 Å². The van der Waals surface area contributed by atoms with Gasteiger partial charge < -0.3 is 24.3 Å². The summed E-state index contributed by atoms with van der Waals surface area (Å²) in [6.45, 7) is 3.12. The highest BCUT2D eigenvalue weighted by molar-refractivity contribution is 7.92. The first-order chi connectivity index (χ1) is 18.5. The largest absolute Gasteiger partial charge is 0.497 e. The van der Waals surface area contributed by atoms with Gasteiger partial charge in [0.25, 0.3) is 10.0 Å². The van der Waals surface area contributed by atoms with Gasteiger partial charge in [-0.3, -0.25) is 9.10 Å². The van der Waals surface area contributed by atoms with Gasteiger partial charge in [-0.15, -0.1) is 0 Å². The molecule has 0 aliphatic carbocycles. The SMILES string of the molecule is COc1ccc2c(c1)OC(C)(C)CC2NC(=O)CN(c1ccccc1F)S(=O)(=O)c1ccc(OC)c(OC)c1. The molecule has 4 rings (SSSR count). The number of methoxy groups -OCH3 is 3. The van der Waals surface area contributed by atoms with Crippen molar-refractivity contribution in [1.82, 2.24) is 5.32 Å². The molecule has 1 N–H and O–H groups in total. The number of carbonyl (C=O) groups is 1. The Labute approximate surface area is 227 Å². The number of carbonyl (C=O) groups excluding carboxylic acids is 1. The van der Waals surface area contributed by atoms with Crippen molar-refractivity contribution < 1.29 is 36.6 Å². The third kappa shape index (κ3) is 5.88. The van der Waals surface area contributed by atoms with Crippen molar-refractivity contribution in [1.29, 1.82) is 0 Å². The number of amides is 1. The van der Waals surface area contributed by atoms with E-state index >= 15 is 0 Å². The van der Waals surface area contributed by atoms with Gasteiger partial charge in [-0.05, 0) is 50.2 Å². The lowest BCUT2D eigenvalue weighted by Crippen LogP contribution is -2.45. The Morgan fingerprint density at radius 1 is 1.03 bits per heavy atom. The van der Waals surface area contributed by atoms with Gasteiger partial charge in [0, 0.05) is 24.1 Å². The predicted molar refractivity (Wildman–Crippen MR) is 144 cm³/mol. The molecular weight excluding hydrogens is 527 g/mol. The van der Waals surface area contributed by atoms with Crippen LogP contribution in [0.1, 0.15) is 31.9 Å². The molecule has 9 nitrogen and oxygen atoms in total. The van der Waals surface area contributed by atoms with Gasteiger partial charge in [0.15, 0.2) is 11.5 Å². The quantitative estimate of drug-likeness (QED) is 0.414. The summed E-state index contributed by atoms with van der Waals surface area (Å²) in [5, 5.41) is 2.92. The van der Waals surface area contributed by atoms with Crippen molar-refractivity contribution in [2.24, 2.45) is 0 Å². The van der Waals surface area contributed by atoms with Crippen LogP contribution in [0.3, 0.4) is 0 Å². The van der Waals surface area contributed by atoms with E-state index < -0.39 is 39.9 Å². The molecule has 208 valence electrons. The number of anilines is 1. The van der Waals surface area contributed by atoms with Crippen LogP contribution in [-0.2, 0) is 14.8 Å². The van der Waals surface area contributed by atoms with Gasteiger partial charge >= 0.3 is 0 Å². The van der Waals surface area contributed by atoms with Gasteiger partial charge in [-0.2, -0.15) is 0 Å². The minimum atomic E-state index is -4.41. The smallest absolute Gasteiger partial charge is 0.265 e. The van der Waals surface area contributed by atoms with E-state index in [0.29, 0.717) is 23.7 Å². The maximum Gasteiger partial charge on any atom is 0.265 e. The van der Waals surface area contributed by atoms with Crippen molar-refractivity contribution >= 4 is 21.6 Å². The fourth-order valence-electron chi connectivity index (χ4n) is 4.52. The molecule has 0 saturated carbocycles. The average Bonchev–Trinajstić information content (AvgIpc) is 2.90. The first-order valence-corrected chi connectivity index (χ1v) is 13.6. The van der Waals surface area contributed by atoms with Crippen LogP contribution in [0, 0.1) is 5.82 Å². The summed E-state index contributed by atoms with van der Waals surface area (Å²) >= 11 is 0. The summed E-state index contributed by atoms with van der Waals surface area (Å²) in [6, 6.07) is 14.2. The van der Waals surface area contributed by atoms with E-state index in [1.165, 1.54) is 50.6 Å². The molecule has 1 heterocycles. The summed E-state index contributed by atoms with van der Waals surface area (Å²) < 4.78 is 65.1. The average molecular weight is 559 g/mol. The minimum absolute atomic E-state index is 0.174. The maximum atomic E-state index is 14.9. The van der Waals surface area contributed by atoms with E-state index in [-0.39, 0.29) is 16.3 Å². The number of para-hydroxylation sites is 1. The van der Waals surface area contributed by atoms with Gasteiger partial charge in [-0.25, -0.2) is 12.8 Å². The Morgan fingerprint density at radius 2 is 1.74 bits per heavy atom. The number of sulfonamides is 1. The molecular formula is C28H31FN2O7S. The third-order valence-corrected chi connectivity index (χ3v) is 8.12. The summed E-state index contributed by atoms with van der Waals surface area (Å²) in [5.74, 6) is 0.242. The summed E-state index contributed by atoms with van der Waals surface area (Å²) in [4.78, 5) is 13.2. The Balaban J connectivity index is 1.68. The van der Waals surface area contributed by atoms with E-state index in [1.54, 1.807) is 25.3 Å². The zero-order valence-corrected chi connectivity index (χ0v) is 23.2. The summed E-state index contributed by atoms with van der Waals surface area (Å²) in [5.41, 5.74) is -0.155. The standard InChI is InChI=1S/C28H31FN2O7S/c1-28(2)16-22(20-12-10-18(35-3)14-25(20)38-28)30-27(32)17-31(23-9-7-6-8-21(23)29)39(33,34)19-11-13-24(36-4)26(15-19)37-5/h6-15,22H,16-17H2,1-5H3,(H,30,32). The van der Waals surface area contributed by atoms with E-state index in [4.69, 9.17) is 18.9 Å². The highest BCUT2D eigenvalue weighted by atomic mass is 32.2. The second kappa shape index (κ2) is 11.0. The number of ether oxygens (including phenoxy) is 4. The molecule has 1 atom stereocenters. The zero-order valence-electron chi connectivity index (χ0n) is 22.4. The normalized spacial score (nSPS) is 15.9. The number of benzene rings is 3. The number of hydrogen-bond acceptors (Lipinski definition) is 7. The first-order valence-electron chi connectivity index (χ1n) is 12.1. The van der Waals surface area contributed by atoms with Gasteiger partial charge in [0.2, 0.25) is 5.91 Å². The predicted octanol–water partition coefficient (Wildman–Crippen LogP) is 4.47. The fourth-order valence-corrected chi connectivity index (χ4v) is 5.96. The number of hydrogen-bond donors (Lipinski definition) is 1. The van der Waals surface area contributed by atoms with Crippen molar-refractivity contribution in [3.05, 3.63) is 72.0 Å². The summed E-state index contributed by atoms with van der Waals surface area (Å²) in [6.07, 6.45) is 0.431. The van der Waals surface area contributed by atoms with E-state index in [9.17, 15) is 17.6 Å². The molecule has 11 heteroatoms. The lowest BCUT2D eigenvalue weighted by Gasteiger charge is -2.38. The highest BCUT2D eigenvalue weighted by Crippen LogP contribution is 2.41. The van der Waals surface area contributed by atoms with Gasteiger partial charge in [0.1, 0.15) is 29.5 Å². The zero-order chi connectivity index (χ0) is 28.4.